The number of hydrogen-bond acceptors (Lipinski definition) is 6. The normalized spacial score (nSPS) is 10.9. The topological polar surface area (TPSA) is 50.7 Å². The fourth-order valence-electron chi connectivity index (χ4n) is 1.30. The molecule has 15 heavy (non-hydrogen) atoms. The molecule has 2 aromatic rings. The van der Waals surface area contributed by atoms with Crippen molar-refractivity contribution in [3.63, 3.8) is 0 Å². The molecular formula is C9H12N4S2. The van der Waals surface area contributed by atoms with Crippen molar-refractivity contribution in [3.05, 3.63) is 15.7 Å². The molecule has 0 fully saturated rings. The highest BCUT2D eigenvalue weighted by molar-refractivity contribution is 7.21. The van der Waals surface area contributed by atoms with Crippen LogP contribution in [0.2, 0.25) is 0 Å². The van der Waals surface area contributed by atoms with Crippen molar-refractivity contribution in [2.24, 2.45) is 0 Å². The molecule has 0 atom stereocenters. The van der Waals surface area contributed by atoms with Gasteiger partial charge >= 0.3 is 0 Å². The maximum atomic E-state index is 4.38. The molecular weight excluding hydrogens is 228 g/mol. The molecule has 1 N–H and O–H groups in total. The van der Waals surface area contributed by atoms with Crippen LogP contribution in [0, 0.1) is 13.8 Å². The Morgan fingerprint density at radius 2 is 2.00 bits per heavy atom. The quantitative estimate of drug-likeness (QED) is 0.891. The van der Waals surface area contributed by atoms with Crippen LogP contribution >= 0.6 is 22.7 Å². The van der Waals surface area contributed by atoms with Crippen molar-refractivity contribution in [2.45, 2.75) is 20.4 Å². The third-order valence-corrected chi connectivity index (χ3v) is 4.04. The predicted octanol–water partition coefficient (Wildman–Crippen LogP) is 2.00. The standard InChI is InChI=1S/C9H12N4S2/c1-5-8(14-6(2)11-5)9-13-12-7(15-9)4-10-3/h10H,4H2,1-3H3. The van der Waals surface area contributed by atoms with Gasteiger partial charge in [-0.1, -0.05) is 11.3 Å². The maximum absolute atomic E-state index is 4.38. The first-order chi connectivity index (χ1) is 7.20. The van der Waals surface area contributed by atoms with Gasteiger partial charge in [-0.15, -0.1) is 21.5 Å². The molecule has 0 spiro atoms. The summed E-state index contributed by atoms with van der Waals surface area (Å²) >= 11 is 3.30. The van der Waals surface area contributed by atoms with Crippen LogP contribution in [0.25, 0.3) is 9.88 Å². The Labute approximate surface area is 96.4 Å². The average Bonchev–Trinajstić information content (AvgIpc) is 2.73. The van der Waals surface area contributed by atoms with E-state index in [1.54, 1.807) is 22.7 Å². The van der Waals surface area contributed by atoms with Crippen LogP contribution in [0.5, 0.6) is 0 Å². The van der Waals surface area contributed by atoms with Gasteiger partial charge in [0.1, 0.15) is 5.01 Å². The van der Waals surface area contributed by atoms with Crippen LogP contribution in [0.1, 0.15) is 15.7 Å². The van der Waals surface area contributed by atoms with Crippen LogP contribution in [-0.2, 0) is 6.54 Å². The first-order valence-corrected chi connectivity index (χ1v) is 6.25. The first kappa shape index (κ1) is 10.7. The Hall–Kier alpha value is -0.850. The highest BCUT2D eigenvalue weighted by Gasteiger charge is 2.12. The number of nitrogens with one attached hydrogen (secondary N) is 1. The minimum atomic E-state index is 0.772. The maximum Gasteiger partial charge on any atom is 0.159 e. The van der Waals surface area contributed by atoms with E-state index in [1.807, 2.05) is 20.9 Å². The van der Waals surface area contributed by atoms with Gasteiger partial charge in [0, 0.05) is 6.54 Å². The highest BCUT2D eigenvalue weighted by atomic mass is 32.1. The van der Waals surface area contributed by atoms with E-state index in [0.717, 1.165) is 32.1 Å². The lowest BCUT2D eigenvalue weighted by atomic mass is 10.4. The smallest absolute Gasteiger partial charge is 0.159 e. The Morgan fingerprint density at radius 3 is 2.60 bits per heavy atom. The van der Waals surface area contributed by atoms with E-state index in [-0.39, 0.29) is 0 Å². The van der Waals surface area contributed by atoms with E-state index in [4.69, 9.17) is 0 Å². The largest absolute Gasteiger partial charge is 0.313 e. The third kappa shape index (κ3) is 2.22. The molecule has 0 aliphatic rings. The lowest BCUT2D eigenvalue weighted by molar-refractivity contribution is 0.795. The minimum absolute atomic E-state index is 0.772. The molecule has 0 aliphatic heterocycles. The van der Waals surface area contributed by atoms with E-state index in [9.17, 15) is 0 Å². The van der Waals surface area contributed by atoms with Crippen molar-refractivity contribution in [3.8, 4) is 9.88 Å². The monoisotopic (exact) mass is 240 g/mol. The van der Waals surface area contributed by atoms with Crippen molar-refractivity contribution < 1.29 is 0 Å². The number of aryl methyl sites for hydroxylation is 2. The van der Waals surface area contributed by atoms with Crippen molar-refractivity contribution in [1.29, 1.82) is 0 Å². The van der Waals surface area contributed by atoms with Gasteiger partial charge in [-0.05, 0) is 20.9 Å². The van der Waals surface area contributed by atoms with Gasteiger partial charge < -0.3 is 5.32 Å². The fourth-order valence-corrected chi connectivity index (χ4v) is 3.19. The van der Waals surface area contributed by atoms with E-state index in [2.05, 4.69) is 20.5 Å². The molecule has 2 rings (SSSR count). The summed E-state index contributed by atoms with van der Waals surface area (Å²) in [7, 11) is 1.91. The van der Waals surface area contributed by atoms with Crippen LogP contribution in [0.3, 0.4) is 0 Å². The van der Waals surface area contributed by atoms with Gasteiger partial charge in [-0.3, -0.25) is 0 Å². The second-order valence-electron chi connectivity index (χ2n) is 3.18. The minimum Gasteiger partial charge on any atom is -0.313 e. The summed E-state index contributed by atoms with van der Waals surface area (Å²) in [4.78, 5) is 5.53. The fraction of sp³-hybridized carbons (Fsp3) is 0.444. The molecule has 0 aromatic carbocycles. The molecule has 80 valence electrons. The summed E-state index contributed by atoms with van der Waals surface area (Å²) in [5.74, 6) is 0. The Bertz CT molecular complexity index is 460. The van der Waals surface area contributed by atoms with Crippen molar-refractivity contribution in [2.75, 3.05) is 7.05 Å². The molecule has 2 heterocycles. The predicted molar refractivity (Wildman–Crippen MR) is 63.3 cm³/mol. The second kappa shape index (κ2) is 4.34. The lowest BCUT2D eigenvalue weighted by Gasteiger charge is -1.89. The summed E-state index contributed by atoms with van der Waals surface area (Å²) in [5, 5.41) is 14.4. The molecule has 6 heteroatoms. The molecule has 4 nitrogen and oxygen atoms in total. The zero-order chi connectivity index (χ0) is 10.8. The first-order valence-electron chi connectivity index (χ1n) is 4.62. The number of hydrogen-bond donors (Lipinski definition) is 1. The SMILES string of the molecule is CNCc1nnc(-c2sc(C)nc2C)s1. The Morgan fingerprint density at radius 1 is 1.20 bits per heavy atom. The second-order valence-corrected chi connectivity index (χ2v) is 5.44. The van der Waals surface area contributed by atoms with Gasteiger partial charge in [0.25, 0.3) is 0 Å². The van der Waals surface area contributed by atoms with Crippen molar-refractivity contribution in [1.82, 2.24) is 20.5 Å². The zero-order valence-corrected chi connectivity index (χ0v) is 10.5. The van der Waals surface area contributed by atoms with Gasteiger partial charge in [-0.25, -0.2) is 4.98 Å². The molecule has 0 saturated carbocycles. The Balaban J connectivity index is 2.32. The highest BCUT2D eigenvalue weighted by Crippen LogP contribution is 2.31. The molecule has 2 aromatic heterocycles. The lowest BCUT2D eigenvalue weighted by Crippen LogP contribution is -2.04. The average molecular weight is 240 g/mol. The molecule has 0 bridgehead atoms. The number of nitrogens with zero attached hydrogens (tertiary/aromatic N) is 3. The summed E-state index contributed by atoms with van der Waals surface area (Å²) in [6.07, 6.45) is 0. The molecule has 0 saturated heterocycles. The number of aromatic nitrogens is 3. The van der Waals surface area contributed by atoms with E-state index in [0.29, 0.717) is 0 Å². The van der Waals surface area contributed by atoms with Gasteiger partial charge in [0.05, 0.1) is 15.6 Å². The summed E-state index contributed by atoms with van der Waals surface area (Å²) in [6.45, 7) is 4.79. The number of thiazole rings is 1. The van der Waals surface area contributed by atoms with Crippen LogP contribution < -0.4 is 5.32 Å². The molecule has 0 aliphatic carbocycles. The summed E-state index contributed by atoms with van der Waals surface area (Å²) in [6, 6.07) is 0. The van der Waals surface area contributed by atoms with Crippen molar-refractivity contribution >= 4 is 22.7 Å². The third-order valence-electron chi connectivity index (χ3n) is 1.89. The van der Waals surface area contributed by atoms with Crippen LogP contribution in [0.4, 0.5) is 0 Å². The summed E-state index contributed by atoms with van der Waals surface area (Å²) in [5.41, 5.74) is 1.05. The zero-order valence-electron chi connectivity index (χ0n) is 8.87. The van der Waals surface area contributed by atoms with Gasteiger partial charge in [-0.2, -0.15) is 0 Å². The van der Waals surface area contributed by atoms with Crippen LogP contribution in [-0.4, -0.2) is 22.2 Å². The molecule has 0 amide bonds. The Kier molecular flexibility index (Phi) is 3.08. The van der Waals surface area contributed by atoms with E-state index < -0.39 is 0 Å². The van der Waals surface area contributed by atoms with E-state index in [1.165, 1.54) is 0 Å². The van der Waals surface area contributed by atoms with Crippen LogP contribution in [0.15, 0.2) is 0 Å². The number of rotatable bonds is 3. The summed E-state index contributed by atoms with van der Waals surface area (Å²) < 4.78 is 0. The van der Waals surface area contributed by atoms with E-state index >= 15 is 0 Å². The van der Waals surface area contributed by atoms with Gasteiger partial charge in [0.15, 0.2) is 5.01 Å². The molecule has 0 radical (unpaired) electrons. The van der Waals surface area contributed by atoms with Gasteiger partial charge in [0.2, 0.25) is 0 Å². The molecule has 0 unspecified atom stereocenters.